The van der Waals surface area contributed by atoms with Gasteiger partial charge in [-0.1, -0.05) is 0 Å². The van der Waals surface area contributed by atoms with Gasteiger partial charge in [0.05, 0.1) is 19.9 Å². The molecule has 0 spiro atoms. The minimum atomic E-state index is -3.88. The van der Waals surface area contributed by atoms with Crippen LogP contribution in [0, 0.1) is 6.92 Å². The Balaban J connectivity index is 1.94. The quantitative estimate of drug-likeness (QED) is 0.661. The van der Waals surface area contributed by atoms with Crippen molar-refractivity contribution in [3.05, 3.63) is 54.6 Å². The van der Waals surface area contributed by atoms with Crippen LogP contribution < -0.4 is 14.2 Å². The lowest BCUT2D eigenvalue weighted by Crippen LogP contribution is -2.14. The Labute approximate surface area is 158 Å². The van der Waals surface area contributed by atoms with Crippen LogP contribution in [0.4, 0.5) is 5.69 Å². The topological polar surface area (TPSA) is 90.7 Å². The number of anilines is 1. The number of nitrogens with one attached hydrogen (secondary N) is 1. The lowest BCUT2D eigenvalue weighted by Gasteiger charge is -2.13. The van der Waals surface area contributed by atoms with E-state index in [4.69, 9.17) is 13.9 Å². The Morgan fingerprint density at radius 1 is 1.15 bits per heavy atom. The molecule has 3 aromatic rings. The largest absolute Gasteiger partial charge is 0.495 e. The number of ether oxygens (including phenoxy) is 2. The van der Waals surface area contributed by atoms with E-state index in [-0.39, 0.29) is 10.6 Å². The number of nitrogens with zero attached hydrogens (tertiary/aromatic N) is 1. The fraction of sp³-hybridized carbons (Fsp3) is 0.211. The summed E-state index contributed by atoms with van der Waals surface area (Å²) < 4.78 is 44.5. The number of rotatable bonds is 7. The van der Waals surface area contributed by atoms with E-state index in [9.17, 15) is 8.42 Å². The van der Waals surface area contributed by atoms with Gasteiger partial charge >= 0.3 is 0 Å². The van der Waals surface area contributed by atoms with Crippen LogP contribution in [0.2, 0.25) is 0 Å². The molecule has 1 heterocycles. The molecule has 0 atom stereocenters. The number of aryl methyl sites for hydroxylation is 1. The molecule has 0 saturated heterocycles. The first-order valence-corrected chi connectivity index (χ1v) is 9.78. The molecule has 0 aliphatic rings. The standard InChI is InChI=1S/C19H20N2O5S/c1-4-25-16-8-6-15(7-9-16)21-27(22,23)19-11-14(5-10-17(19)24-3)18-12-20-13(2)26-18/h5-12,21H,4H2,1-3H3. The van der Waals surface area contributed by atoms with Crippen LogP contribution in [0.1, 0.15) is 12.8 Å². The highest BCUT2D eigenvalue weighted by Crippen LogP contribution is 2.31. The molecule has 142 valence electrons. The van der Waals surface area contributed by atoms with Crippen LogP contribution >= 0.6 is 0 Å². The minimum Gasteiger partial charge on any atom is -0.495 e. The van der Waals surface area contributed by atoms with Crippen molar-refractivity contribution in [2.45, 2.75) is 18.7 Å². The van der Waals surface area contributed by atoms with Gasteiger partial charge in [-0.3, -0.25) is 4.72 Å². The second-order valence-electron chi connectivity index (χ2n) is 5.67. The van der Waals surface area contributed by atoms with Crippen molar-refractivity contribution >= 4 is 15.7 Å². The van der Waals surface area contributed by atoms with E-state index in [1.54, 1.807) is 49.5 Å². The number of oxazole rings is 1. The van der Waals surface area contributed by atoms with Gasteiger partial charge in [-0.05, 0) is 49.4 Å². The van der Waals surface area contributed by atoms with Gasteiger partial charge in [-0.2, -0.15) is 0 Å². The molecule has 2 aromatic carbocycles. The summed E-state index contributed by atoms with van der Waals surface area (Å²) in [5.41, 5.74) is 1.00. The molecule has 8 heteroatoms. The fourth-order valence-corrected chi connectivity index (χ4v) is 3.79. The minimum absolute atomic E-state index is 0.00503. The van der Waals surface area contributed by atoms with Crippen LogP contribution in [0.3, 0.4) is 0 Å². The van der Waals surface area contributed by atoms with Gasteiger partial charge in [0.15, 0.2) is 11.7 Å². The molecular weight excluding hydrogens is 368 g/mol. The third kappa shape index (κ3) is 4.22. The van der Waals surface area contributed by atoms with Gasteiger partial charge in [-0.25, -0.2) is 13.4 Å². The first-order valence-electron chi connectivity index (χ1n) is 8.29. The molecule has 0 aliphatic carbocycles. The molecule has 0 saturated carbocycles. The summed E-state index contributed by atoms with van der Waals surface area (Å²) in [4.78, 5) is 4.05. The normalized spacial score (nSPS) is 11.2. The SMILES string of the molecule is CCOc1ccc(NS(=O)(=O)c2cc(-c3cnc(C)o3)ccc2OC)cc1. The lowest BCUT2D eigenvalue weighted by atomic mass is 10.2. The van der Waals surface area contributed by atoms with E-state index in [0.29, 0.717) is 35.3 Å². The number of methoxy groups -OCH3 is 1. The van der Waals surface area contributed by atoms with Crippen molar-refractivity contribution < 1.29 is 22.3 Å². The van der Waals surface area contributed by atoms with Gasteiger partial charge in [-0.15, -0.1) is 0 Å². The molecule has 1 N–H and O–H groups in total. The molecule has 0 fully saturated rings. The average molecular weight is 388 g/mol. The molecule has 0 aliphatic heterocycles. The Morgan fingerprint density at radius 2 is 1.89 bits per heavy atom. The van der Waals surface area contributed by atoms with Crippen LogP contribution in [-0.2, 0) is 10.0 Å². The van der Waals surface area contributed by atoms with Gasteiger partial charge in [0.1, 0.15) is 16.4 Å². The number of sulfonamides is 1. The lowest BCUT2D eigenvalue weighted by molar-refractivity contribution is 0.340. The zero-order valence-electron chi connectivity index (χ0n) is 15.2. The molecule has 0 unspecified atom stereocenters. The van der Waals surface area contributed by atoms with E-state index >= 15 is 0 Å². The maximum absolute atomic E-state index is 12.9. The summed E-state index contributed by atoms with van der Waals surface area (Å²) in [6.07, 6.45) is 1.55. The molecule has 0 bridgehead atoms. The van der Waals surface area contributed by atoms with Crippen molar-refractivity contribution in [1.29, 1.82) is 0 Å². The third-order valence-electron chi connectivity index (χ3n) is 3.78. The number of aromatic nitrogens is 1. The summed E-state index contributed by atoms with van der Waals surface area (Å²) in [7, 11) is -2.46. The molecule has 0 amide bonds. The summed E-state index contributed by atoms with van der Waals surface area (Å²) in [5, 5.41) is 0. The van der Waals surface area contributed by atoms with E-state index in [0.717, 1.165) is 0 Å². The predicted molar refractivity (Wildman–Crippen MR) is 102 cm³/mol. The highest BCUT2D eigenvalue weighted by atomic mass is 32.2. The van der Waals surface area contributed by atoms with E-state index < -0.39 is 10.0 Å². The molecule has 0 radical (unpaired) electrons. The second kappa shape index (κ2) is 7.71. The highest BCUT2D eigenvalue weighted by Gasteiger charge is 2.21. The average Bonchev–Trinajstić information content (AvgIpc) is 3.09. The molecule has 3 rings (SSSR count). The molecule has 1 aromatic heterocycles. The van der Waals surface area contributed by atoms with E-state index in [1.807, 2.05) is 6.92 Å². The highest BCUT2D eigenvalue weighted by molar-refractivity contribution is 7.92. The zero-order chi connectivity index (χ0) is 19.4. The molecule has 7 nitrogen and oxygen atoms in total. The van der Waals surface area contributed by atoms with Gasteiger partial charge in [0, 0.05) is 18.2 Å². The maximum atomic E-state index is 12.9. The zero-order valence-corrected chi connectivity index (χ0v) is 16.0. The Morgan fingerprint density at radius 3 is 2.48 bits per heavy atom. The number of hydrogen-bond acceptors (Lipinski definition) is 6. The summed E-state index contributed by atoms with van der Waals surface area (Å²) in [6.45, 7) is 4.14. The van der Waals surface area contributed by atoms with Crippen LogP contribution in [0.25, 0.3) is 11.3 Å². The molecule has 27 heavy (non-hydrogen) atoms. The van der Waals surface area contributed by atoms with E-state index in [1.165, 1.54) is 13.2 Å². The monoisotopic (exact) mass is 388 g/mol. The molecular formula is C19H20N2O5S. The summed E-state index contributed by atoms with van der Waals surface area (Å²) in [5.74, 6) is 1.87. The van der Waals surface area contributed by atoms with Crippen molar-refractivity contribution in [3.63, 3.8) is 0 Å². The first-order chi connectivity index (χ1) is 12.9. The number of hydrogen-bond donors (Lipinski definition) is 1. The van der Waals surface area contributed by atoms with Crippen LogP contribution in [0.15, 0.2) is 58.0 Å². The van der Waals surface area contributed by atoms with Gasteiger partial charge in [0.2, 0.25) is 0 Å². The van der Waals surface area contributed by atoms with Crippen molar-refractivity contribution in [2.24, 2.45) is 0 Å². The fourth-order valence-electron chi connectivity index (χ4n) is 2.53. The van der Waals surface area contributed by atoms with Crippen molar-refractivity contribution in [1.82, 2.24) is 4.98 Å². The second-order valence-corrected chi connectivity index (χ2v) is 7.32. The predicted octanol–water partition coefficient (Wildman–Crippen LogP) is 3.86. The van der Waals surface area contributed by atoms with E-state index in [2.05, 4.69) is 9.71 Å². The summed E-state index contributed by atoms with van der Waals surface area (Å²) in [6, 6.07) is 11.5. The smallest absolute Gasteiger partial charge is 0.265 e. The summed E-state index contributed by atoms with van der Waals surface area (Å²) >= 11 is 0. The maximum Gasteiger partial charge on any atom is 0.265 e. The third-order valence-corrected chi connectivity index (χ3v) is 5.18. The number of benzene rings is 2. The van der Waals surface area contributed by atoms with Gasteiger partial charge < -0.3 is 13.9 Å². The Hall–Kier alpha value is -3.00. The Kier molecular flexibility index (Phi) is 5.36. The van der Waals surface area contributed by atoms with Gasteiger partial charge in [0.25, 0.3) is 10.0 Å². The van der Waals surface area contributed by atoms with Crippen molar-refractivity contribution in [2.75, 3.05) is 18.4 Å². The van der Waals surface area contributed by atoms with Crippen LogP contribution in [-0.4, -0.2) is 27.1 Å². The van der Waals surface area contributed by atoms with Crippen LogP contribution in [0.5, 0.6) is 11.5 Å². The van der Waals surface area contributed by atoms with Crippen molar-refractivity contribution in [3.8, 4) is 22.8 Å². The first kappa shape index (κ1) is 18.8. The Bertz CT molecular complexity index is 1030.